The molecule has 0 fully saturated rings. The number of rotatable bonds is 8. The van der Waals surface area contributed by atoms with Crippen LogP contribution in [0.3, 0.4) is 0 Å². The minimum absolute atomic E-state index is 0.0432. The lowest BCUT2D eigenvalue weighted by Crippen LogP contribution is -2.16. The Bertz CT molecular complexity index is 1040. The number of hydrogen-bond acceptors (Lipinski definition) is 4. The van der Waals surface area contributed by atoms with Crippen LogP contribution in [0.2, 0.25) is 5.02 Å². The van der Waals surface area contributed by atoms with E-state index in [0.29, 0.717) is 11.4 Å². The van der Waals surface area contributed by atoms with E-state index in [-0.39, 0.29) is 25.4 Å². The molecule has 2 aromatic heterocycles. The maximum Gasteiger partial charge on any atom is 0.436 e. The summed E-state index contributed by atoms with van der Waals surface area (Å²) in [6.45, 7) is 3.61. The van der Waals surface area contributed by atoms with Crippen molar-refractivity contribution in [3.8, 4) is 5.75 Å². The maximum absolute atomic E-state index is 12.9. The van der Waals surface area contributed by atoms with Crippen molar-refractivity contribution >= 4 is 23.2 Å². The Morgan fingerprint density at radius 1 is 1.26 bits per heavy atom. The normalized spacial score (nSPS) is 11.5. The fraction of sp³-hybridized carbons (Fsp3) is 0.350. The molecule has 0 spiro atoms. The average molecular weight is 456 g/mol. The Morgan fingerprint density at radius 2 is 1.97 bits per heavy atom. The molecular formula is C20H21ClF3N5O2. The van der Waals surface area contributed by atoms with Gasteiger partial charge in [-0.3, -0.25) is 9.48 Å². The Morgan fingerprint density at radius 3 is 2.58 bits per heavy atom. The van der Waals surface area contributed by atoms with Gasteiger partial charge < -0.3 is 10.1 Å². The summed E-state index contributed by atoms with van der Waals surface area (Å²) in [5, 5.41) is 9.77. The summed E-state index contributed by atoms with van der Waals surface area (Å²) < 4.78 is 46.9. The topological polar surface area (TPSA) is 74.0 Å². The first-order valence-corrected chi connectivity index (χ1v) is 9.89. The molecule has 1 amide bonds. The molecule has 0 aliphatic rings. The molecule has 0 atom stereocenters. The van der Waals surface area contributed by atoms with Crippen LogP contribution in [-0.2, 0) is 30.7 Å². The molecule has 1 aromatic carbocycles. The molecule has 1 N–H and O–H groups in total. The number of aryl methyl sites for hydroxylation is 2. The van der Waals surface area contributed by atoms with Gasteiger partial charge in [-0.25, -0.2) is 4.68 Å². The third-order valence-electron chi connectivity index (χ3n) is 4.56. The molecule has 11 heteroatoms. The Hall–Kier alpha value is -3.01. The number of ether oxygens (including phenoxy) is 1. The zero-order valence-electron chi connectivity index (χ0n) is 16.9. The van der Waals surface area contributed by atoms with Gasteiger partial charge in [-0.15, -0.1) is 0 Å². The standard InChI is InChI=1S/C20H21ClF3N5O2/c1-3-14-4-6-16(7-5-14)31-12-28-11-15(10-25-28)26-17(30)8-9-29-13(2)18(21)19(27-29)20(22,23)24/h4-7,10-11H,3,8-9,12H2,1-2H3,(H,26,30). The van der Waals surface area contributed by atoms with Crippen molar-refractivity contribution in [3.05, 3.63) is 58.6 Å². The number of nitrogens with zero attached hydrogens (tertiary/aromatic N) is 4. The van der Waals surface area contributed by atoms with Crippen LogP contribution < -0.4 is 10.1 Å². The highest BCUT2D eigenvalue weighted by Crippen LogP contribution is 2.35. The quantitative estimate of drug-likeness (QED) is 0.535. The predicted molar refractivity (Wildman–Crippen MR) is 109 cm³/mol. The van der Waals surface area contributed by atoms with E-state index in [1.165, 1.54) is 23.4 Å². The van der Waals surface area contributed by atoms with Crippen molar-refractivity contribution in [1.29, 1.82) is 0 Å². The van der Waals surface area contributed by atoms with Crippen LogP contribution >= 0.6 is 11.6 Å². The summed E-state index contributed by atoms with van der Waals surface area (Å²) >= 11 is 5.71. The van der Waals surface area contributed by atoms with Gasteiger partial charge in [0.1, 0.15) is 5.75 Å². The second kappa shape index (κ2) is 9.42. The first-order chi connectivity index (χ1) is 14.7. The fourth-order valence-corrected chi connectivity index (χ4v) is 3.06. The Kier molecular flexibility index (Phi) is 6.89. The van der Waals surface area contributed by atoms with Gasteiger partial charge in [0, 0.05) is 6.42 Å². The number of hydrogen-bond donors (Lipinski definition) is 1. The smallest absolute Gasteiger partial charge is 0.436 e. The van der Waals surface area contributed by atoms with Crippen LogP contribution in [-0.4, -0.2) is 25.5 Å². The van der Waals surface area contributed by atoms with E-state index in [1.807, 2.05) is 24.3 Å². The molecule has 7 nitrogen and oxygen atoms in total. The van der Waals surface area contributed by atoms with Crippen LogP contribution in [0.4, 0.5) is 18.9 Å². The lowest BCUT2D eigenvalue weighted by molar-refractivity contribution is -0.141. The first-order valence-electron chi connectivity index (χ1n) is 9.51. The van der Waals surface area contributed by atoms with Crippen LogP contribution in [0, 0.1) is 6.92 Å². The number of aromatic nitrogens is 4. The lowest BCUT2D eigenvalue weighted by atomic mass is 10.2. The van der Waals surface area contributed by atoms with Crippen molar-refractivity contribution < 1.29 is 22.7 Å². The molecule has 3 aromatic rings. The van der Waals surface area contributed by atoms with Gasteiger partial charge in [-0.1, -0.05) is 30.7 Å². The molecule has 0 aliphatic heterocycles. The molecule has 0 unspecified atom stereocenters. The third kappa shape index (κ3) is 5.78. The minimum Gasteiger partial charge on any atom is -0.471 e. The summed E-state index contributed by atoms with van der Waals surface area (Å²) in [6, 6.07) is 7.71. The zero-order chi connectivity index (χ0) is 22.6. The second-order valence-electron chi connectivity index (χ2n) is 6.81. The molecule has 0 saturated heterocycles. The van der Waals surface area contributed by atoms with Crippen molar-refractivity contribution in [1.82, 2.24) is 19.6 Å². The number of benzene rings is 1. The maximum atomic E-state index is 12.9. The van der Waals surface area contributed by atoms with E-state index >= 15 is 0 Å². The SMILES string of the molecule is CCc1ccc(OCn2cc(NC(=O)CCn3nc(C(F)(F)F)c(Cl)c3C)cn2)cc1. The molecule has 0 aliphatic carbocycles. The van der Waals surface area contributed by atoms with Crippen LogP contribution in [0.15, 0.2) is 36.7 Å². The highest BCUT2D eigenvalue weighted by molar-refractivity contribution is 6.31. The van der Waals surface area contributed by atoms with Crippen molar-refractivity contribution in [2.45, 2.75) is 46.1 Å². The minimum atomic E-state index is -4.65. The number of nitrogens with one attached hydrogen (secondary N) is 1. The molecular weight excluding hydrogens is 435 g/mol. The largest absolute Gasteiger partial charge is 0.471 e. The van der Waals surface area contributed by atoms with E-state index in [4.69, 9.17) is 16.3 Å². The fourth-order valence-electron chi connectivity index (χ4n) is 2.81. The highest BCUT2D eigenvalue weighted by Gasteiger charge is 2.38. The van der Waals surface area contributed by atoms with Gasteiger partial charge in [-0.2, -0.15) is 23.4 Å². The Balaban J connectivity index is 1.51. The van der Waals surface area contributed by atoms with Gasteiger partial charge in [0.2, 0.25) is 5.91 Å². The van der Waals surface area contributed by atoms with Crippen LogP contribution in [0.25, 0.3) is 0 Å². The molecule has 0 radical (unpaired) electrons. The number of halogens is 4. The van der Waals surface area contributed by atoms with E-state index < -0.39 is 22.8 Å². The van der Waals surface area contributed by atoms with E-state index in [2.05, 4.69) is 22.4 Å². The van der Waals surface area contributed by atoms with E-state index in [1.54, 1.807) is 6.20 Å². The summed E-state index contributed by atoms with van der Waals surface area (Å²) in [6.07, 6.45) is -0.736. The molecule has 166 valence electrons. The molecule has 0 bridgehead atoms. The molecule has 2 heterocycles. The monoisotopic (exact) mass is 455 g/mol. The lowest BCUT2D eigenvalue weighted by Gasteiger charge is -2.07. The van der Waals surface area contributed by atoms with E-state index in [0.717, 1.165) is 11.1 Å². The average Bonchev–Trinajstić information content (AvgIpc) is 3.29. The van der Waals surface area contributed by atoms with Crippen molar-refractivity contribution in [2.24, 2.45) is 0 Å². The zero-order valence-corrected chi connectivity index (χ0v) is 17.7. The predicted octanol–water partition coefficient (Wildman–Crippen LogP) is 4.69. The first kappa shape index (κ1) is 22.7. The van der Waals surface area contributed by atoms with Gasteiger partial charge in [0.25, 0.3) is 0 Å². The summed E-state index contributed by atoms with van der Waals surface area (Å²) in [4.78, 5) is 12.2. The molecule has 31 heavy (non-hydrogen) atoms. The summed E-state index contributed by atoms with van der Waals surface area (Å²) in [7, 11) is 0. The van der Waals surface area contributed by atoms with Gasteiger partial charge in [0.05, 0.1) is 35.3 Å². The highest BCUT2D eigenvalue weighted by atomic mass is 35.5. The molecule has 3 rings (SSSR count). The summed E-state index contributed by atoms with van der Waals surface area (Å²) in [5.74, 6) is 0.306. The van der Waals surface area contributed by atoms with Gasteiger partial charge in [-0.05, 0) is 31.0 Å². The number of anilines is 1. The van der Waals surface area contributed by atoms with Crippen molar-refractivity contribution in [2.75, 3.05) is 5.32 Å². The third-order valence-corrected chi connectivity index (χ3v) is 5.02. The number of amides is 1. The van der Waals surface area contributed by atoms with E-state index in [9.17, 15) is 18.0 Å². The number of carbonyl (C=O) groups excluding carboxylic acids is 1. The number of alkyl halides is 3. The van der Waals surface area contributed by atoms with Gasteiger partial charge >= 0.3 is 6.18 Å². The second-order valence-corrected chi connectivity index (χ2v) is 7.18. The Labute approximate surface area is 181 Å². The van der Waals surface area contributed by atoms with Crippen molar-refractivity contribution in [3.63, 3.8) is 0 Å². The number of carbonyl (C=O) groups is 1. The molecule has 0 saturated carbocycles. The van der Waals surface area contributed by atoms with Crippen LogP contribution in [0.5, 0.6) is 5.75 Å². The van der Waals surface area contributed by atoms with Gasteiger partial charge in [0.15, 0.2) is 12.4 Å². The van der Waals surface area contributed by atoms with Crippen LogP contribution in [0.1, 0.15) is 30.3 Å². The summed E-state index contributed by atoms with van der Waals surface area (Å²) in [5.41, 5.74) is 0.649.